The van der Waals surface area contributed by atoms with E-state index in [-0.39, 0.29) is 18.2 Å². The second kappa shape index (κ2) is 7.07. The summed E-state index contributed by atoms with van der Waals surface area (Å²) >= 11 is 0. The number of carbonyl (C=O) groups excluding carboxylic acids is 2. The van der Waals surface area contributed by atoms with Gasteiger partial charge in [-0.3, -0.25) is 9.59 Å². The average molecular weight is 259 g/mol. The van der Waals surface area contributed by atoms with Gasteiger partial charge < -0.3 is 4.90 Å². The molecule has 2 rings (SSSR count). The Morgan fingerprint density at radius 2 is 1.79 bits per heavy atom. The summed E-state index contributed by atoms with van der Waals surface area (Å²) in [6.45, 7) is 1.01. The first kappa shape index (κ1) is 13.8. The molecule has 0 aromatic heterocycles. The second-order valence-electron chi connectivity index (χ2n) is 5.18. The number of nitrogens with zero attached hydrogens (tertiary/aromatic N) is 1. The van der Waals surface area contributed by atoms with Crippen molar-refractivity contribution in [1.29, 1.82) is 0 Å². The molecular weight excluding hydrogens is 238 g/mol. The monoisotopic (exact) mass is 259 g/mol. The lowest BCUT2D eigenvalue weighted by Crippen LogP contribution is -2.37. The molecule has 0 saturated carbocycles. The molecule has 1 heterocycles. The van der Waals surface area contributed by atoms with Gasteiger partial charge in [0, 0.05) is 19.4 Å². The van der Waals surface area contributed by atoms with Crippen molar-refractivity contribution in [2.24, 2.45) is 0 Å². The largest absolute Gasteiger partial charge is 0.335 e. The number of rotatable bonds is 4. The van der Waals surface area contributed by atoms with Gasteiger partial charge in [-0.15, -0.1) is 0 Å². The van der Waals surface area contributed by atoms with Gasteiger partial charge in [-0.2, -0.15) is 0 Å². The van der Waals surface area contributed by atoms with Crippen molar-refractivity contribution in [3.05, 3.63) is 35.9 Å². The van der Waals surface area contributed by atoms with E-state index in [2.05, 4.69) is 0 Å². The third kappa shape index (κ3) is 4.51. The number of carbonyl (C=O) groups is 2. The predicted octanol–water partition coefficient (Wildman–Crippen LogP) is 2.59. The van der Waals surface area contributed by atoms with Crippen LogP contribution in [-0.4, -0.2) is 29.7 Å². The topological polar surface area (TPSA) is 37.4 Å². The highest BCUT2D eigenvalue weighted by atomic mass is 16.2. The van der Waals surface area contributed by atoms with Crippen LogP contribution in [0, 0.1) is 0 Å². The van der Waals surface area contributed by atoms with Crippen LogP contribution in [-0.2, 0) is 16.0 Å². The molecule has 3 nitrogen and oxygen atoms in total. The molecule has 0 N–H and O–H groups in total. The van der Waals surface area contributed by atoms with E-state index in [1.54, 1.807) is 4.90 Å². The van der Waals surface area contributed by atoms with E-state index in [0.29, 0.717) is 12.8 Å². The summed E-state index contributed by atoms with van der Waals surface area (Å²) in [5.41, 5.74) is 1.02. The SMILES string of the molecule is O=C(Cc1ccccc1)CN1CCCCCCC1=O. The smallest absolute Gasteiger partial charge is 0.222 e. The van der Waals surface area contributed by atoms with Crippen LogP contribution in [0.15, 0.2) is 30.3 Å². The van der Waals surface area contributed by atoms with Crippen molar-refractivity contribution in [2.75, 3.05) is 13.1 Å². The highest BCUT2D eigenvalue weighted by Gasteiger charge is 2.18. The summed E-state index contributed by atoms with van der Waals surface area (Å²) in [6, 6.07) is 9.71. The molecule has 1 aromatic rings. The molecular formula is C16H21NO2. The minimum absolute atomic E-state index is 0.125. The van der Waals surface area contributed by atoms with Crippen molar-refractivity contribution in [3.8, 4) is 0 Å². The van der Waals surface area contributed by atoms with E-state index >= 15 is 0 Å². The zero-order chi connectivity index (χ0) is 13.5. The lowest BCUT2D eigenvalue weighted by Gasteiger charge is -2.24. The molecule has 0 radical (unpaired) electrons. The van der Waals surface area contributed by atoms with Crippen LogP contribution in [0.25, 0.3) is 0 Å². The first-order chi connectivity index (χ1) is 9.25. The Hall–Kier alpha value is -1.64. The maximum atomic E-state index is 12.0. The minimum Gasteiger partial charge on any atom is -0.335 e. The molecule has 3 heteroatoms. The normalized spacial score (nSPS) is 16.8. The van der Waals surface area contributed by atoms with Crippen LogP contribution >= 0.6 is 0 Å². The molecule has 0 spiro atoms. The zero-order valence-electron chi connectivity index (χ0n) is 11.3. The van der Waals surface area contributed by atoms with E-state index in [1.807, 2.05) is 30.3 Å². The maximum absolute atomic E-state index is 12.0. The first-order valence-corrected chi connectivity index (χ1v) is 7.09. The van der Waals surface area contributed by atoms with Gasteiger partial charge in [0.05, 0.1) is 6.54 Å². The second-order valence-corrected chi connectivity index (χ2v) is 5.18. The fraction of sp³-hybridized carbons (Fsp3) is 0.500. The fourth-order valence-electron chi connectivity index (χ4n) is 2.47. The number of benzene rings is 1. The number of Topliss-reactive ketones (excluding diaryl/α,β-unsaturated/α-hetero) is 1. The predicted molar refractivity (Wildman–Crippen MR) is 74.8 cm³/mol. The molecule has 1 saturated heterocycles. The summed E-state index contributed by atoms with van der Waals surface area (Å²) in [6.07, 6.45) is 5.30. The lowest BCUT2D eigenvalue weighted by molar-refractivity contribution is -0.135. The molecule has 0 aliphatic carbocycles. The molecule has 0 bridgehead atoms. The lowest BCUT2D eigenvalue weighted by atomic mass is 10.1. The quantitative estimate of drug-likeness (QED) is 0.833. The molecule has 19 heavy (non-hydrogen) atoms. The molecule has 1 amide bonds. The highest BCUT2D eigenvalue weighted by Crippen LogP contribution is 2.12. The molecule has 1 aromatic carbocycles. The van der Waals surface area contributed by atoms with E-state index in [4.69, 9.17) is 0 Å². The van der Waals surface area contributed by atoms with E-state index < -0.39 is 0 Å². The van der Waals surface area contributed by atoms with Crippen molar-refractivity contribution >= 4 is 11.7 Å². The molecule has 0 unspecified atom stereocenters. The van der Waals surface area contributed by atoms with Crippen LogP contribution in [0.2, 0.25) is 0 Å². The van der Waals surface area contributed by atoms with Gasteiger partial charge in [0.2, 0.25) is 5.91 Å². The summed E-state index contributed by atoms with van der Waals surface area (Å²) in [5, 5.41) is 0. The summed E-state index contributed by atoms with van der Waals surface area (Å²) in [5.74, 6) is 0.265. The molecule has 102 valence electrons. The van der Waals surface area contributed by atoms with Crippen LogP contribution in [0.4, 0.5) is 0 Å². The highest BCUT2D eigenvalue weighted by molar-refractivity contribution is 5.87. The Morgan fingerprint density at radius 3 is 2.58 bits per heavy atom. The maximum Gasteiger partial charge on any atom is 0.222 e. The Kier molecular flexibility index (Phi) is 5.13. The van der Waals surface area contributed by atoms with Gasteiger partial charge in [0.15, 0.2) is 5.78 Å². The number of ketones is 1. The van der Waals surface area contributed by atoms with Crippen LogP contribution < -0.4 is 0 Å². The molecule has 1 aliphatic rings. The number of hydrogen-bond acceptors (Lipinski definition) is 2. The van der Waals surface area contributed by atoms with Crippen molar-refractivity contribution in [1.82, 2.24) is 4.90 Å². The fourth-order valence-corrected chi connectivity index (χ4v) is 2.47. The summed E-state index contributed by atoms with van der Waals surface area (Å²) in [4.78, 5) is 25.7. The Labute approximate surface area is 114 Å². The van der Waals surface area contributed by atoms with Gasteiger partial charge in [0.1, 0.15) is 0 Å². The zero-order valence-corrected chi connectivity index (χ0v) is 11.3. The molecule has 1 fully saturated rings. The van der Waals surface area contributed by atoms with Crippen molar-refractivity contribution in [3.63, 3.8) is 0 Å². The van der Waals surface area contributed by atoms with E-state index in [0.717, 1.165) is 37.8 Å². The minimum atomic E-state index is 0.125. The van der Waals surface area contributed by atoms with E-state index in [1.165, 1.54) is 0 Å². The van der Waals surface area contributed by atoms with Crippen molar-refractivity contribution < 1.29 is 9.59 Å². The molecule has 1 aliphatic heterocycles. The summed E-state index contributed by atoms with van der Waals surface area (Å²) in [7, 11) is 0. The van der Waals surface area contributed by atoms with Gasteiger partial charge >= 0.3 is 0 Å². The van der Waals surface area contributed by atoms with Crippen molar-refractivity contribution in [2.45, 2.75) is 38.5 Å². The number of amides is 1. The number of hydrogen-bond donors (Lipinski definition) is 0. The Morgan fingerprint density at radius 1 is 1.05 bits per heavy atom. The molecule has 0 atom stereocenters. The van der Waals surface area contributed by atoms with Crippen LogP contribution in [0.3, 0.4) is 0 Å². The first-order valence-electron chi connectivity index (χ1n) is 7.09. The van der Waals surface area contributed by atoms with Crippen LogP contribution in [0.5, 0.6) is 0 Å². The Balaban J connectivity index is 1.88. The van der Waals surface area contributed by atoms with Gasteiger partial charge in [-0.05, 0) is 18.4 Å². The standard InChI is InChI=1S/C16H21NO2/c18-15(12-14-8-4-3-5-9-14)13-17-11-7-2-1-6-10-16(17)19/h3-5,8-9H,1-2,6-7,10-13H2. The Bertz CT molecular complexity index is 428. The van der Waals surface area contributed by atoms with Crippen LogP contribution in [0.1, 0.15) is 37.7 Å². The van der Waals surface area contributed by atoms with Gasteiger partial charge in [0.25, 0.3) is 0 Å². The average Bonchev–Trinajstić information content (AvgIpc) is 2.40. The van der Waals surface area contributed by atoms with Gasteiger partial charge in [-0.25, -0.2) is 0 Å². The third-order valence-electron chi connectivity index (χ3n) is 3.53. The third-order valence-corrected chi connectivity index (χ3v) is 3.53. The van der Waals surface area contributed by atoms with Gasteiger partial charge in [-0.1, -0.05) is 43.2 Å². The number of likely N-dealkylation sites (tertiary alicyclic amines) is 1. The summed E-state index contributed by atoms with van der Waals surface area (Å²) < 4.78 is 0. The van der Waals surface area contributed by atoms with E-state index in [9.17, 15) is 9.59 Å².